The standard InChI is InChI=1S/C24H30FN3O5S/c1-15(2)14-33-21-7-8-22(34(26,31)32)16(3)23(21)24(30)28-11-9-27(10-12-28)20-6-5-18(17(4)29)13-19(20)25/h5-8,13,15H,9-12,14H2,1-4H3,(H2,26,31,32). The maximum Gasteiger partial charge on any atom is 0.258 e. The first-order chi connectivity index (χ1) is 15.9. The minimum absolute atomic E-state index is 0.126. The van der Waals surface area contributed by atoms with Crippen molar-refractivity contribution in [2.24, 2.45) is 11.1 Å². The summed E-state index contributed by atoms with van der Waals surface area (Å²) in [5.41, 5.74) is 1.07. The normalized spacial score (nSPS) is 14.4. The number of benzene rings is 2. The molecule has 0 atom stereocenters. The molecule has 2 aromatic carbocycles. The lowest BCUT2D eigenvalue weighted by molar-refractivity contribution is 0.0740. The molecular formula is C24H30FN3O5S. The molecule has 2 N–H and O–H groups in total. The summed E-state index contributed by atoms with van der Waals surface area (Å²) < 4.78 is 44.5. The number of halogens is 1. The van der Waals surface area contributed by atoms with E-state index < -0.39 is 15.8 Å². The second kappa shape index (κ2) is 10.1. The molecule has 1 fully saturated rings. The number of ketones is 1. The summed E-state index contributed by atoms with van der Waals surface area (Å²) in [5.74, 6) is -0.568. The van der Waals surface area contributed by atoms with Crippen LogP contribution in [0.15, 0.2) is 35.2 Å². The summed E-state index contributed by atoms with van der Waals surface area (Å²) >= 11 is 0. The van der Waals surface area contributed by atoms with Crippen LogP contribution in [-0.4, -0.2) is 57.8 Å². The average molecular weight is 492 g/mol. The van der Waals surface area contributed by atoms with E-state index in [0.717, 1.165) is 0 Å². The van der Waals surface area contributed by atoms with Crippen LogP contribution in [-0.2, 0) is 10.0 Å². The largest absolute Gasteiger partial charge is 0.492 e. The third-order valence-electron chi connectivity index (χ3n) is 5.73. The number of primary sulfonamides is 1. The fourth-order valence-corrected chi connectivity index (χ4v) is 4.70. The molecule has 2 aromatic rings. The second-order valence-corrected chi connectivity index (χ2v) is 10.3. The highest BCUT2D eigenvalue weighted by Gasteiger charge is 2.29. The summed E-state index contributed by atoms with van der Waals surface area (Å²) in [5, 5.41) is 5.35. The third kappa shape index (κ3) is 5.56. The van der Waals surface area contributed by atoms with Crippen molar-refractivity contribution < 1.29 is 27.1 Å². The van der Waals surface area contributed by atoms with Crippen LogP contribution in [0.3, 0.4) is 0 Å². The molecule has 1 aliphatic heterocycles. The molecule has 1 amide bonds. The van der Waals surface area contributed by atoms with Crippen molar-refractivity contribution in [1.82, 2.24) is 4.90 Å². The minimum Gasteiger partial charge on any atom is -0.492 e. The Morgan fingerprint density at radius 1 is 1.12 bits per heavy atom. The van der Waals surface area contributed by atoms with Crippen molar-refractivity contribution in [3.05, 3.63) is 52.8 Å². The number of Topliss-reactive ketones (excluding diaryl/α,β-unsaturated/α-hetero) is 1. The van der Waals surface area contributed by atoms with Crippen LogP contribution in [0, 0.1) is 18.7 Å². The van der Waals surface area contributed by atoms with Crippen molar-refractivity contribution >= 4 is 27.4 Å². The molecule has 0 unspecified atom stereocenters. The van der Waals surface area contributed by atoms with Gasteiger partial charge in [-0.2, -0.15) is 0 Å². The summed E-state index contributed by atoms with van der Waals surface area (Å²) in [6.07, 6.45) is 0. The summed E-state index contributed by atoms with van der Waals surface area (Å²) in [7, 11) is -4.03. The number of nitrogens with two attached hydrogens (primary N) is 1. The molecule has 0 spiro atoms. The number of carbonyl (C=O) groups excluding carboxylic acids is 2. The molecule has 0 bridgehead atoms. The van der Waals surface area contributed by atoms with Gasteiger partial charge in [-0.05, 0) is 55.7 Å². The topological polar surface area (TPSA) is 110 Å². The number of nitrogens with zero attached hydrogens (tertiary/aromatic N) is 2. The molecule has 0 radical (unpaired) electrons. The lowest BCUT2D eigenvalue weighted by Gasteiger charge is -2.36. The van der Waals surface area contributed by atoms with Gasteiger partial charge in [0.15, 0.2) is 5.78 Å². The highest BCUT2D eigenvalue weighted by atomic mass is 32.2. The summed E-state index contributed by atoms with van der Waals surface area (Å²) in [4.78, 5) is 28.2. The van der Waals surface area contributed by atoms with Gasteiger partial charge in [0.05, 0.1) is 22.8 Å². The van der Waals surface area contributed by atoms with Gasteiger partial charge in [-0.15, -0.1) is 0 Å². The number of hydrogen-bond acceptors (Lipinski definition) is 6. The zero-order valence-electron chi connectivity index (χ0n) is 19.8. The zero-order chi connectivity index (χ0) is 25.2. The van der Waals surface area contributed by atoms with E-state index in [1.165, 1.54) is 32.0 Å². The average Bonchev–Trinajstić information content (AvgIpc) is 2.76. The van der Waals surface area contributed by atoms with Crippen molar-refractivity contribution in [2.45, 2.75) is 32.6 Å². The zero-order valence-corrected chi connectivity index (χ0v) is 20.6. The molecule has 0 saturated carbocycles. The number of anilines is 1. The molecule has 0 aromatic heterocycles. The number of piperazine rings is 1. The van der Waals surface area contributed by atoms with Crippen molar-refractivity contribution in [2.75, 3.05) is 37.7 Å². The minimum atomic E-state index is -4.03. The molecule has 3 rings (SSSR count). The molecule has 1 aliphatic rings. The van der Waals surface area contributed by atoms with Crippen LogP contribution < -0.4 is 14.8 Å². The summed E-state index contributed by atoms with van der Waals surface area (Å²) in [6.45, 7) is 8.56. The van der Waals surface area contributed by atoms with Crippen LogP contribution in [0.2, 0.25) is 0 Å². The Kier molecular flexibility index (Phi) is 7.62. The van der Waals surface area contributed by atoms with E-state index in [-0.39, 0.29) is 33.6 Å². The van der Waals surface area contributed by atoms with E-state index in [9.17, 15) is 22.4 Å². The third-order valence-corrected chi connectivity index (χ3v) is 6.79. The van der Waals surface area contributed by atoms with E-state index in [2.05, 4.69) is 0 Å². The van der Waals surface area contributed by atoms with Crippen molar-refractivity contribution in [1.29, 1.82) is 0 Å². The van der Waals surface area contributed by atoms with E-state index in [4.69, 9.17) is 9.88 Å². The fraction of sp³-hybridized carbons (Fsp3) is 0.417. The molecule has 0 aliphatic carbocycles. The van der Waals surface area contributed by atoms with Gasteiger partial charge in [0.2, 0.25) is 10.0 Å². The molecular weight excluding hydrogens is 461 g/mol. The first-order valence-electron chi connectivity index (χ1n) is 11.0. The predicted octanol–water partition coefficient (Wildman–Crippen LogP) is 2.98. The van der Waals surface area contributed by atoms with Crippen molar-refractivity contribution in [3.8, 4) is 5.75 Å². The van der Waals surface area contributed by atoms with Gasteiger partial charge in [0.1, 0.15) is 11.6 Å². The van der Waals surface area contributed by atoms with Gasteiger partial charge in [0.25, 0.3) is 5.91 Å². The molecule has 34 heavy (non-hydrogen) atoms. The predicted molar refractivity (Wildman–Crippen MR) is 127 cm³/mol. The number of ether oxygens (including phenoxy) is 1. The van der Waals surface area contributed by atoms with Crippen LogP contribution in [0.5, 0.6) is 5.75 Å². The van der Waals surface area contributed by atoms with E-state index >= 15 is 0 Å². The Hall–Kier alpha value is -2.98. The molecule has 8 nitrogen and oxygen atoms in total. The molecule has 1 saturated heterocycles. The SMILES string of the molecule is CC(=O)c1ccc(N2CCN(C(=O)c3c(OCC(C)C)ccc(S(N)(=O)=O)c3C)CC2)c(F)c1. The van der Waals surface area contributed by atoms with E-state index in [1.54, 1.807) is 17.0 Å². The Balaban J connectivity index is 1.84. The smallest absolute Gasteiger partial charge is 0.258 e. The maximum absolute atomic E-state index is 14.6. The first-order valence-corrected chi connectivity index (χ1v) is 12.6. The number of hydrogen-bond donors (Lipinski definition) is 1. The molecule has 10 heteroatoms. The quantitative estimate of drug-likeness (QED) is 0.597. The monoisotopic (exact) mass is 491 g/mol. The van der Waals surface area contributed by atoms with Crippen LogP contribution in [0.25, 0.3) is 0 Å². The number of amides is 1. The van der Waals surface area contributed by atoms with Crippen LogP contribution in [0.1, 0.15) is 47.1 Å². The van der Waals surface area contributed by atoms with Gasteiger partial charge in [-0.1, -0.05) is 13.8 Å². The number of sulfonamides is 1. The second-order valence-electron chi connectivity index (χ2n) is 8.81. The molecule has 184 valence electrons. The van der Waals surface area contributed by atoms with Crippen molar-refractivity contribution in [3.63, 3.8) is 0 Å². The summed E-state index contributed by atoms with van der Waals surface area (Å²) in [6, 6.07) is 7.18. The Labute approximate surface area is 199 Å². The maximum atomic E-state index is 14.6. The van der Waals surface area contributed by atoms with E-state index in [1.807, 2.05) is 18.7 Å². The van der Waals surface area contributed by atoms with Gasteiger partial charge < -0.3 is 14.5 Å². The van der Waals surface area contributed by atoms with Gasteiger partial charge in [-0.3, -0.25) is 9.59 Å². The highest BCUT2D eigenvalue weighted by Crippen LogP contribution is 2.30. The Morgan fingerprint density at radius 2 is 1.76 bits per heavy atom. The number of carbonyl (C=O) groups is 2. The highest BCUT2D eigenvalue weighted by molar-refractivity contribution is 7.89. The Morgan fingerprint density at radius 3 is 2.29 bits per heavy atom. The van der Waals surface area contributed by atoms with Crippen LogP contribution >= 0.6 is 0 Å². The lowest BCUT2D eigenvalue weighted by Crippen LogP contribution is -2.49. The lowest BCUT2D eigenvalue weighted by atomic mass is 10.0. The van der Waals surface area contributed by atoms with Crippen LogP contribution in [0.4, 0.5) is 10.1 Å². The Bertz CT molecular complexity index is 1210. The first kappa shape index (κ1) is 25.6. The number of rotatable bonds is 7. The van der Waals surface area contributed by atoms with Gasteiger partial charge >= 0.3 is 0 Å². The van der Waals surface area contributed by atoms with Gasteiger partial charge in [0, 0.05) is 31.7 Å². The van der Waals surface area contributed by atoms with E-state index in [0.29, 0.717) is 49.8 Å². The molecule has 1 heterocycles. The fourth-order valence-electron chi connectivity index (χ4n) is 3.91. The van der Waals surface area contributed by atoms with Gasteiger partial charge in [-0.25, -0.2) is 17.9 Å².